The number of fused-ring (bicyclic) bond motifs is 1. The standard InChI is InChI=1S/C16H17NO2/c17-14-8-13-6-7-15(9-16(13)19-11-14)18-10-12-4-2-1-3-5-12/h1-7,9,14H,8,10-11,17H2/t14-/m1/s1. The van der Waals surface area contributed by atoms with Crippen LogP contribution in [0.5, 0.6) is 11.5 Å². The van der Waals surface area contributed by atoms with Crippen molar-refractivity contribution in [3.8, 4) is 11.5 Å². The summed E-state index contributed by atoms with van der Waals surface area (Å²) in [6.45, 7) is 1.15. The first-order valence-electron chi connectivity index (χ1n) is 6.49. The molecule has 0 amide bonds. The van der Waals surface area contributed by atoms with Gasteiger partial charge in [0, 0.05) is 12.1 Å². The molecular formula is C16H17NO2. The van der Waals surface area contributed by atoms with E-state index in [1.807, 2.05) is 48.5 Å². The number of nitrogens with two attached hydrogens (primary N) is 1. The lowest BCUT2D eigenvalue weighted by molar-refractivity contribution is 0.258. The second-order valence-electron chi connectivity index (χ2n) is 4.82. The second kappa shape index (κ2) is 5.33. The second-order valence-corrected chi connectivity index (χ2v) is 4.82. The highest BCUT2D eigenvalue weighted by Gasteiger charge is 2.16. The Morgan fingerprint density at radius 1 is 1.16 bits per heavy atom. The zero-order valence-electron chi connectivity index (χ0n) is 10.7. The summed E-state index contributed by atoms with van der Waals surface area (Å²) in [4.78, 5) is 0. The molecule has 0 saturated heterocycles. The SMILES string of the molecule is N[C@H]1COc2cc(OCc3ccccc3)ccc2C1. The van der Waals surface area contributed by atoms with Crippen LogP contribution in [0.4, 0.5) is 0 Å². The summed E-state index contributed by atoms with van der Waals surface area (Å²) >= 11 is 0. The van der Waals surface area contributed by atoms with Gasteiger partial charge in [-0.1, -0.05) is 36.4 Å². The minimum atomic E-state index is 0.101. The Kier molecular flexibility index (Phi) is 3.38. The van der Waals surface area contributed by atoms with Gasteiger partial charge in [-0.3, -0.25) is 0 Å². The third kappa shape index (κ3) is 2.88. The zero-order chi connectivity index (χ0) is 13.1. The lowest BCUT2D eigenvalue weighted by Gasteiger charge is -2.22. The van der Waals surface area contributed by atoms with Crippen LogP contribution < -0.4 is 15.2 Å². The van der Waals surface area contributed by atoms with E-state index < -0.39 is 0 Å². The molecule has 3 heteroatoms. The molecule has 0 fully saturated rings. The molecule has 2 aromatic rings. The van der Waals surface area contributed by atoms with Crippen LogP contribution in [0.3, 0.4) is 0 Å². The largest absolute Gasteiger partial charge is 0.492 e. The summed E-state index contributed by atoms with van der Waals surface area (Å²) in [6, 6.07) is 16.2. The van der Waals surface area contributed by atoms with Crippen LogP contribution in [0.25, 0.3) is 0 Å². The fourth-order valence-corrected chi connectivity index (χ4v) is 2.21. The smallest absolute Gasteiger partial charge is 0.126 e. The van der Waals surface area contributed by atoms with Crippen LogP contribution in [-0.4, -0.2) is 12.6 Å². The first-order chi connectivity index (χ1) is 9.31. The maximum atomic E-state index is 5.87. The number of hydrogen-bond acceptors (Lipinski definition) is 3. The van der Waals surface area contributed by atoms with E-state index in [0.717, 1.165) is 29.0 Å². The fourth-order valence-electron chi connectivity index (χ4n) is 2.21. The third-order valence-electron chi connectivity index (χ3n) is 3.22. The van der Waals surface area contributed by atoms with Crippen molar-refractivity contribution in [2.45, 2.75) is 19.1 Å². The van der Waals surface area contributed by atoms with Gasteiger partial charge in [0.1, 0.15) is 24.7 Å². The maximum absolute atomic E-state index is 5.87. The molecule has 0 unspecified atom stereocenters. The lowest BCUT2D eigenvalue weighted by atomic mass is 10.0. The molecule has 2 aromatic carbocycles. The van der Waals surface area contributed by atoms with E-state index in [1.165, 1.54) is 0 Å². The number of benzene rings is 2. The molecular weight excluding hydrogens is 238 g/mol. The van der Waals surface area contributed by atoms with E-state index in [2.05, 4.69) is 0 Å². The minimum absolute atomic E-state index is 0.101. The molecule has 0 radical (unpaired) electrons. The van der Waals surface area contributed by atoms with Crippen LogP contribution in [-0.2, 0) is 13.0 Å². The molecule has 1 heterocycles. The van der Waals surface area contributed by atoms with Crippen molar-refractivity contribution in [1.82, 2.24) is 0 Å². The third-order valence-corrected chi connectivity index (χ3v) is 3.22. The lowest BCUT2D eigenvalue weighted by Crippen LogP contribution is -2.33. The molecule has 0 bridgehead atoms. The molecule has 0 aliphatic carbocycles. The maximum Gasteiger partial charge on any atom is 0.126 e. The van der Waals surface area contributed by atoms with Crippen molar-refractivity contribution < 1.29 is 9.47 Å². The van der Waals surface area contributed by atoms with Crippen molar-refractivity contribution in [2.24, 2.45) is 5.73 Å². The molecule has 2 N–H and O–H groups in total. The normalized spacial score (nSPS) is 17.4. The number of rotatable bonds is 3. The average molecular weight is 255 g/mol. The molecule has 0 spiro atoms. The predicted octanol–water partition coefficient (Wildman–Crippen LogP) is 2.53. The van der Waals surface area contributed by atoms with Crippen LogP contribution >= 0.6 is 0 Å². The van der Waals surface area contributed by atoms with Gasteiger partial charge in [0.15, 0.2) is 0 Å². The van der Waals surface area contributed by atoms with Crippen LogP contribution in [0.2, 0.25) is 0 Å². The van der Waals surface area contributed by atoms with Crippen LogP contribution in [0, 0.1) is 0 Å². The fraction of sp³-hybridized carbons (Fsp3) is 0.250. The van der Waals surface area contributed by atoms with E-state index >= 15 is 0 Å². The van der Waals surface area contributed by atoms with E-state index in [-0.39, 0.29) is 6.04 Å². The van der Waals surface area contributed by atoms with E-state index in [1.54, 1.807) is 0 Å². The molecule has 0 aromatic heterocycles. The van der Waals surface area contributed by atoms with Crippen LogP contribution in [0.1, 0.15) is 11.1 Å². The van der Waals surface area contributed by atoms with Gasteiger partial charge < -0.3 is 15.2 Å². The molecule has 1 aliphatic heterocycles. The molecule has 0 saturated carbocycles. The Morgan fingerprint density at radius 2 is 2.00 bits per heavy atom. The van der Waals surface area contributed by atoms with Crippen molar-refractivity contribution in [3.05, 3.63) is 59.7 Å². The van der Waals surface area contributed by atoms with Crippen molar-refractivity contribution >= 4 is 0 Å². The summed E-state index contributed by atoms with van der Waals surface area (Å²) in [5, 5.41) is 0. The molecule has 98 valence electrons. The molecule has 3 nitrogen and oxygen atoms in total. The van der Waals surface area contributed by atoms with Gasteiger partial charge in [-0.25, -0.2) is 0 Å². The summed E-state index contributed by atoms with van der Waals surface area (Å²) in [5.74, 6) is 1.73. The monoisotopic (exact) mass is 255 g/mol. The highest BCUT2D eigenvalue weighted by atomic mass is 16.5. The highest BCUT2D eigenvalue weighted by molar-refractivity contribution is 5.42. The summed E-state index contributed by atoms with van der Waals surface area (Å²) in [7, 11) is 0. The Labute approximate surface area is 113 Å². The summed E-state index contributed by atoms with van der Waals surface area (Å²) in [5.41, 5.74) is 8.18. The van der Waals surface area contributed by atoms with Crippen LogP contribution in [0.15, 0.2) is 48.5 Å². The highest BCUT2D eigenvalue weighted by Crippen LogP contribution is 2.29. The van der Waals surface area contributed by atoms with E-state index in [4.69, 9.17) is 15.2 Å². The van der Waals surface area contributed by atoms with E-state index in [0.29, 0.717) is 13.2 Å². The van der Waals surface area contributed by atoms with Gasteiger partial charge in [0.05, 0.1) is 0 Å². The summed E-state index contributed by atoms with van der Waals surface area (Å²) in [6.07, 6.45) is 0.869. The first-order valence-corrected chi connectivity index (χ1v) is 6.49. The van der Waals surface area contributed by atoms with Gasteiger partial charge in [-0.2, -0.15) is 0 Å². The quantitative estimate of drug-likeness (QED) is 0.916. The summed E-state index contributed by atoms with van der Waals surface area (Å²) < 4.78 is 11.4. The van der Waals surface area contributed by atoms with Crippen molar-refractivity contribution in [2.75, 3.05) is 6.61 Å². The molecule has 19 heavy (non-hydrogen) atoms. The van der Waals surface area contributed by atoms with Gasteiger partial charge in [-0.05, 0) is 23.6 Å². The van der Waals surface area contributed by atoms with Crippen molar-refractivity contribution in [3.63, 3.8) is 0 Å². The van der Waals surface area contributed by atoms with Gasteiger partial charge in [-0.15, -0.1) is 0 Å². The van der Waals surface area contributed by atoms with Gasteiger partial charge >= 0.3 is 0 Å². The van der Waals surface area contributed by atoms with E-state index in [9.17, 15) is 0 Å². The molecule has 3 rings (SSSR count). The topological polar surface area (TPSA) is 44.5 Å². The average Bonchev–Trinajstić information content (AvgIpc) is 2.46. The first kappa shape index (κ1) is 12.1. The number of ether oxygens (including phenoxy) is 2. The van der Waals surface area contributed by atoms with Gasteiger partial charge in [0.2, 0.25) is 0 Å². The van der Waals surface area contributed by atoms with Crippen molar-refractivity contribution in [1.29, 1.82) is 0 Å². The molecule has 1 atom stereocenters. The Morgan fingerprint density at radius 3 is 2.84 bits per heavy atom. The number of hydrogen-bond donors (Lipinski definition) is 1. The predicted molar refractivity (Wildman–Crippen MR) is 74.4 cm³/mol. The molecule has 1 aliphatic rings. The Balaban J connectivity index is 1.69. The minimum Gasteiger partial charge on any atom is -0.492 e. The Bertz CT molecular complexity index is 554. The van der Waals surface area contributed by atoms with Gasteiger partial charge in [0.25, 0.3) is 0 Å². The Hall–Kier alpha value is -2.00. The zero-order valence-corrected chi connectivity index (χ0v) is 10.7.